The van der Waals surface area contributed by atoms with E-state index < -0.39 is 0 Å². The number of halogens is 1. The third-order valence-corrected chi connectivity index (χ3v) is 2.96. The van der Waals surface area contributed by atoms with Gasteiger partial charge in [0, 0.05) is 17.5 Å². The van der Waals surface area contributed by atoms with Gasteiger partial charge in [0.05, 0.1) is 5.02 Å². The summed E-state index contributed by atoms with van der Waals surface area (Å²) >= 11 is 6.03. The van der Waals surface area contributed by atoms with Crippen LogP contribution >= 0.6 is 11.6 Å². The predicted octanol–water partition coefficient (Wildman–Crippen LogP) is 3.53. The van der Waals surface area contributed by atoms with E-state index in [0.717, 1.165) is 17.4 Å². The first-order chi connectivity index (χ1) is 8.15. The molecule has 2 aromatic rings. The average Bonchev–Trinajstić information content (AvgIpc) is 2.66. The summed E-state index contributed by atoms with van der Waals surface area (Å²) in [6.45, 7) is 4.51. The van der Waals surface area contributed by atoms with Crippen LogP contribution in [0.25, 0.3) is 11.0 Å². The van der Waals surface area contributed by atoms with Gasteiger partial charge >= 0.3 is 0 Å². The lowest BCUT2D eigenvalue weighted by Crippen LogP contribution is -2.24. The molecule has 0 fully saturated rings. The maximum absolute atomic E-state index is 11.9. The zero-order chi connectivity index (χ0) is 12.4. The number of hydrogen-bond donors (Lipinski definition) is 1. The van der Waals surface area contributed by atoms with Gasteiger partial charge in [0.25, 0.3) is 5.91 Å². The highest BCUT2D eigenvalue weighted by molar-refractivity contribution is 6.35. The van der Waals surface area contributed by atoms with E-state index in [1.165, 1.54) is 0 Å². The van der Waals surface area contributed by atoms with E-state index in [0.29, 0.717) is 22.9 Å². The summed E-state index contributed by atoms with van der Waals surface area (Å²) in [5.41, 5.74) is 1.41. The number of carbonyl (C=O) groups excluding carboxylic acids is 1. The van der Waals surface area contributed by atoms with Gasteiger partial charge in [0.2, 0.25) is 0 Å². The van der Waals surface area contributed by atoms with Gasteiger partial charge in [-0.1, -0.05) is 30.7 Å². The van der Waals surface area contributed by atoms with Gasteiger partial charge in [-0.2, -0.15) is 0 Å². The SMILES string of the molecule is CCCNC(=O)c1oc2c(Cl)cccc2c1C. The van der Waals surface area contributed by atoms with Crippen molar-refractivity contribution in [3.05, 3.63) is 34.5 Å². The van der Waals surface area contributed by atoms with Crippen LogP contribution in [0.1, 0.15) is 29.5 Å². The Kier molecular flexibility index (Phi) is 3.38. The predicted molar refractivity (Wildman–Crippen MR) is 68.6 cm³/mol. The van der Waals surface area contributed by atoms with Crippen LogP contribution in [0.5, 0.6) is 0 Å². The van der Waals surface area contributed by atoms with Crippen LogP contribution in [0.4, 0.5) is 0 Å². The topological polar surface area (TPSA) is 42.2 Å². The molecule has 0 aliphatic carbocycles. The molecular formula is C13H14ClNO2. The van der Waals surface area contributed by atoms with E-state index in [1.54, 1.807) is 6.07 Å². The monoisotopic (exact) mass is 251 g/mol. The summed E-state index contributed by atoms with van der Waals surface area (Å²) in [6.07, 6.45) is 0.895. The summed E-state index contributed by atoms with van der Waals surface area (Å²) < 4.78 is 5.54. The fourth-order valence-electron chi connectivity index (χ4n) is 1.74. The van der Waals surface area contributed by atoms with Gasteiger partial charge < -0.3 is 9.73 Å². The van der Waals surface area contributed by atoms with Gasteiger partial charge in [-0.15, -0.1) is 0 Å². The summed E-state index contributed by atoms with van der Waals surface area (Å²) in [5.74, 6) is 0.165. The minimum atomic E-state index is -0.184. The lowest BCUT2D eigenvalue weighted by atomic mass is 10.1. The Labute approximate surface area is 105 Å². The summed E-state index contributed by atoms with van der Waals surface area (Å²) in [5, 5.41) is 4.21. The standard InChI is InChI=1S/C13H14ClNO2/c1-3-7-15-13(16)11-8(2)9-5-4-6-10(14)12(9)17-11/h4-6H,3,7H2,1-2H3,(H,15,16). The molecule has 1 aromatic carbocycles. The van der Waals surface area contributed by atoms with E-state index in [1.807, 2.05) is 26.0 Å². The molecule has 90 valence electrons. The minimum absolute atomic E-state index is 0.184. The van der Waals surface area contributed by atoms with Gasteiger partial charge in [0.1, 0.15) is 0 Å². The Balaban J connectivity index is 2.45. The first-order valence-corrected chi connectivity index (χ1v) is 5.98. The van der Waals surface area contributed by atoms with Crippen molar-refractivity contribution < 1.29 is 9.21 Å². The molecule has 1 heterocycles. The number of nitrogens with one attached hydrogen (secondary N) is 1. The molecule has 0 saturated heterocycles. The number of furan rings is 1. The fraction of sp³-hybridized carbons (Fsp3) is 0.308. The molecule has 1 amide bonds. The zero-order valence-corrected chi connectivity index (χ0v) is 10.6. The van der Waals surface area contributed by atoms with Crippen molar-refractivity contribution in [3.63, 3.8) is 0 Å². The van der Waals surface area contributed by atoms with Gasteiger partial charge in [-0.25, -0.2) is 0 Å². The second kappa shape index (κ2) is 4.80. The number of para-hydroxylation sites is 1. The largest absolute Gasteiger partial charge is 0.449 e. The number of fused-ring (bicyclic) bond motifs is 1. The third kappa shape index (κ3) is 2.15. The Hall–Kier alpha value is -1.48. The average molecular weight is 252 g/mol. The molecule has 1 aromatic heterocycles. The first kappa shape index (κ1) is 12.0. The van der Waals surface area contributed by atoms with Gasteiger partial charge in [-0.05, 0) is 19.4 Å². The molecule has 0 unspecified atom stereocenters. The minimum Gasteiger partial charge on any atom is -0.449 e. The van der Waals surface area contributed by atoms with Crippen molar-refractivity contribution in [3.8, 4) is 0 Å². The number of rotatable bonds is 3. The smallest absolute Gasteiger partial charge is 0.287 e. The number of aryl methyl sites for hydroxylation is 1. The Bertz CT molecular complexity index is 560. The highest BCUT2D eigenvalue weighted by Gasteiger charge is 2.18. The van der Waals surface area contributed by atoms with Crippen LogP contribution in [-0.4, -0.2) is 12.5 Å². The first-order valence-electron chi connectivity index (χ1n) is 5.61. The molecule has 0 radical (unpaired) electrons. The van der Waals surface area contributed by atoms with Gasteiger partial charge in [-0.3, -0.25) is 4.79 Å². The van der Waals surface area contributed by atoms with E-state index in [4.69, 9.17) is 16.0 Å². The zero-order valence-electron chi connectivity index (χ0n) is 9.84. The van der Waals surface area contributed by atoms with Crippen LogP contribution in [0, 0.1) is 6.92 Å². The summed E-state index contributed by atoms with van der Waals surface area (Å²) in [6, 6.07) is 5.50. The van der Waals surface area contributed by atoms with Crippen molar-refractivity contribution in [2.45, 2.75) is 20.3 Å². The molecule has 0 bridgehead atoms. The van der Waals surface area contributed by atoms with Crippen molar-refractivity contribution in [2.75, 3.05) is 6.54 Å². The van der Waals surface area contributed by atoms with Crippen molar-refractivity contribution >= 4 is 28.5 Å². The quantitative estimate of drug-likeness (QED) is 0.907. The second-order valence-electron chi connectivity index (χ2n) is 3.93. The Morgan fingerprint density at radius 1 is 1.47 bits per heavy atom. The molecule has 2 rings (SSSR count). The van der Waals surface area contributed by atoms with Crippen LogP contribution < -0.4 is 5.32 Å². The highest BCUT2D eigenvalue weighted by Crippen LogP contribution is 2.30. The maximum Gasteiger partial charge on any atom is 0.287 e. The number of benzene rings is 1. The van der Waals surface area contributed by atoms with Gasteiger partial charge in [0.15, 0.2) is 11.3 Å². The summed E-state index contributed by atoms with van der Waals surface area (Å²) in [4.78, 5) is 11.9. The van der Waals surface area contributed by atoms with E-state index in [-0.39, 0.29) is 5.91 Å². The number of carbonyl (C=O) groups is 1. The molecular weight excluding hydrogens is 238 g/mol. The van der Waals surface area contributed by atoms with Crippen LogP contribution in [0.2, 0.25) is 5.02 Å². The molecule has 1 N–H and O–H groups in total. The van der Waals surface area contributed by atoms with E-state index >= 15 is 0 Å². The molecule has 0 saturated carbocycles. The number of hydrogen-bond acceptors (Lipinski definition) is 2. The molecule has 3 nitrogen and oxygen atoms in total. The Morgan fingerprint density at radius 3 is 2.88 bits per heavy atom. The van der Waals surface area contributed by atoms with Crippen molar-refractivity contribution in [1.82, 2.24) is 5.32 Å². The maximum atomic E-state index is 11.9. The lowest BCUT2D eigenvalue weighted by Gasteiger charge is -2.00. The lowest BCUT2D eigenvalue weighted by molar-refractivity contribution is 0.0927. The summed E-state index contributed by atoms with van der Waals surface area (Å²) in [7, 11) is 0. The van der Waals surface area contributed by atoms with Crippen LogP contribution in [0.15, 0.2) is 22.6 Å². The molecule has 17 heavy (non-hydrogen) atoms. The fourth-order valence-corrected chi connectivity index (χ4v) is 1.96. The highest BCUT2D eigenvalue weighted by atomic mass is 35.5. The second-order valence-corrected chi connectivity index (χ2v) is 4.34. The van der Waals surface area contributed by atoms with Crippen LogP contribution in [0.3, 0.4) is 0 Å². The molecule has 0 atom stereocenters. The molecule has 4 heteroatoms. The van der Waals surface area contributed by atoms with Crippen molar-refractivity contribution in [2.24, 2.45) is 0 Å². The van der Waals surface area contributed by atoms with Crippen LogP contribution in [-0.2, 0) is 0 Å². The molecule has 0 aliphatic rings. The van der Waals surface area contributed by atoms with E-state index in [2.05, 4.69) is 5.32 Å². The molecule has 0 aliphatic heterocycles. The third-order valence-electron chi connectivity index (χ3n) is 2.66. The Morgan fingerprint density at radius 2 is 2.24 bits per heavy atom. The van der Waals surface area contributed by atoms with E-state index in [9.17, 15) is 4.79 Å². The number of amides is 1. The molecule has 0 spiro atoms. The normalized spacial score (nSPS) is 10.8. The van der Waals surface area contributed by atoms with Crippen molar-refractivity contribution in [1.29, 1.82) is 0 Å².